The van der Waals surface area contributed by atoms with Gasteiger partial charge in [-0.3, -0.25) is 0 Å². The second kappa shape index (κ2) is 7.70. The number of thioether (sulfide) groups is 1. The van der Waals surface area contributed by atoms with E-state index in [4.69, 9.17) is 11.6 Å². The van der Waals surface area contributed by atoms with Crippen LogP contribution in [0.4, 0.5) is 13.2 Å². The zero-order chi connectivity index (χ0) is 18.7. The molecule has 3 rings (SSSR count). The minimum absolute atomic E-state index is 0.0701. The van der Waals surface area contributed by atoms with Crippen LogP contribution in [0.2, 0.25) is 5.02 Å². The van der Waals surface area contributed by atoms with Crippen LogP contribution < -0.4 is 0 Å². The number of nitriles is 1. The molecule has 132 valence electrons. The summed E-state index contributed by atoms with van der Waals surface area (Å²) >= 11 is 8.24. The Kier molecular flexibility index (Phi) is 5.56. The fourth-order valence-corrected chi connectivity index (χ4v) is 4.01. The van der Waals surface area contributed by atoms with Crippen molar-refractivity contribution in [1.82, 2.24) is 4.98 Å². The van der Waals surface area contributed by atoms with Crippen LogP contribution in [0.5, 0.6) is 0 Å². The number of nitrogens with zero attached hydrogens (tertiary/aromatic N) is 2. The van der Waals surface area contributed by atoms with E-state index in [9.17, 15) is 18.4 Å². The first kappa shape index (κ1) is 18.8. The molecule has 0 saturated heterocycles. The lowest BCUT2D eigenvalue weighted by Gasteiger charge is -2.13. The number of benzene rings is 1. The summed E-state index contributed by atoms with van der Waals surface area (Å²) in [5, 5.41) is 11.7. The third-order valence-corrected chi connectivity index (χ3v) is 5.66. The summed E-state index contributed by atoms with van der Waals surface area (Å²) in [5.41, 5.74) is -0.320. The zero-order valence-electron chi connectivity index (χ0n) is 13.0. The largest absolute Gasteiger partial charge is 0.417 e. The molecule has 0 saturated carbocycles. The lowest BCUT2D eigenvalue weighted by molar-refractivity contribution is -0.138. The van der Waals surface area contributed by atoms with Crippen LogP contribution in [0, 0.1) is 11.3 Å². The summed E-state index contributed by atoms with van der Waals surface area (Å²) in [6.07, 6.45) is -4.63. The highest BCUT2D eigenvalue weighted by atomic mass is 35.5. The van der Waals surface area contributed by atoms with Crippen LogP contribution >= 0.6 is 34.7 Å². The van der Waals surface area contributed by atoms with E-state index in [1.165, 1.54) is 11.3 Å². The molecule has 0 bridgehead atoms. The van der Waals surface area contributed by atoms with Crippen molar-refractivity contribution < 1.29 is 13.2 Å². The molecule has 0 radical (unpaired) electrons. The van der Waals surface area contributed by atoms with Gasteiger partial charge in [-0.1, -0.05) is 29.8 Å². The molecule has 0 unspecified atom stereocenters. The average Bonchev–Trinajstić information content (AvgIpc) is 3.14. The molecule has 1 aromatic carbocycles. The SMILES string of the molecule is N#Cc1c(C(F)(F)F)cc(-c2cccs2)nc1SCc1ccc(Cl)cc1. The minimum Gasteiger partial charge on any atom is -0.239 e. The monoisotopic (exact) mass is 410 g/mol. The highest BCUT2D eigenvalue weighted by molar-refractivity contribution is 7.98. The van der Waals surface area contributed by atoms with Crippen LogP contribution in [0.1, 0.15) is 16.7 Å². The Hall–Kier alpha value is -2.01. The van der Waals surface area contributed by atoms with Gasteiger partial charge in [-0.15, -0.1) is 23.1 Å². The average molecular weight is 411 g/mol. The maximum Gasteiger partial charge on any atom is 0.417 e. The van der Waals surface area contributed by atoms with E-state index in [1.54, 1.807) is 47.8 Å². The summed E-state index contributed by atoms with van der Waals surface area (Å²) in [4.78, 5) is 4.94. The number of halogens is 4. The van der Waals surface area contributed by atoms with Crippen molar-refractivity contribution in [2.24, 2.45) is 0 Å². The third-order valence-electron chi connectivity index (χ3n) is 3.47. The van der Waals surface area contributed by atoms with E-state index in [-0.39, 0.29) is 10.7 Å². The first-order chi connectivity index (χ1) is 12.4. The molecule has 8 heteroatoms. The molecule has 0 N–H and O–H groups in total. The van der Waals surface area contributed by atoms with E-state index in [0.29, 0.717) is 15.7 Å². The van der Waals surface area contributed by atoms with Crippen LogP contribution in [0.15, 0.2) is 52.9 Å². The molecule has 0 atom stereocenters. The van der Waals surface area contributed by atoms with Gasteiger partial charge in [0.15, 0.2) is 0 Å². The fraction of sp³-hybridized carbons (Fsp3) is 0.111. The van der Waals surface area contributed by atoms with Crippen molar-refractivity contribution in [3.8, 4) is 16.6 Å². The van der Waals surface area contributed by atoms with Crippen LogP contribution in [-0.4, -0.2) is 4.98 Å². The van der Waals surface area contributed by atoms with Gasteiger partial charge in [0.05, 0.1) is 21.7 Å². The van der Waals surface area contributed by atoms with E-state index in [0.717, 1.165) is 23.4 Å². The van der Waals surface area contributed by atoms with Crippen molar-refractivity contribution in [3.63, 3.8) is 0 Å². The molecular weight excluding hydrogens is 401 g/mol. The molecule has 2 nitrogen and oxygen atoms in total. The second-order valence-corrected chi connectivity index (χ2v) is 7.59. The molecule has 0 spiro atoms. The molecule has 26 heavy (non-hydrogen) atoms. The minimum atomic E-state index is -4.63. The molecule has 2 aromatic heterocycles. The Labute approximate surface area is 161 Å². The predicted molar refractivity (Wildman–Crippen MR) is 98.3 cm³/mol. The number of hydrogen-bond acceptors (Lipinski definition) is 4. The summed E-state index contributed by atoms with van der Waals surface area (Å²) < 4.78 is 40.3. The number of hydrogen-bond donors (Lipinski definition) is 0. The zero-order valence-corrected chi connectivity index (χ0v) is 15.4. The van der Waals surface area contributed by atoms with Gasteiger partial charge in [-0.2, -0.15) is 18.4 Å². The van der Waals surface area contributed by atoms with Gasteiger partial charge < -0.3 is 0 Å². The molecule has 0 fully saturated rings. The first-order valence-electron chi connectivity index (χ1n) is 7.32. The van der Waals surface area contributed by atoms with Gasteiger partial charge in [0, 0.05) is 10.8 Å². The van der Waals surface area contributed by atoms with Crippen molar-refractivity contribution in [2.45, 2.75) is 17.0 Å². The normalized spacial score (nSPS) is 11.3. The highest BCUT2D eigenvalue weighted by Crippen LogP contribution is 2.39. The number of pyridine rings is 1. The van der Waals surface area contributed by atoms with Crippen LogP contribution in [-0.2, 0) is 11.9 Å². The number of thiophene rings is 1. The molecule has 0 aliphatic rings. The number of alkyl halides is 3. The van der Waals surface area contributed by atoms with Crippen LogP contribution in [0.25, 0.3) is 10.6 Å². The molecule has 2 heterocycles. The van der Waals surface area contributed by atoms with E-state index in [2.05, 4.69) is 4.98 Å². The van der Waals surface area contributed by atoms with Crippen molar-refractivity contribution in [3.05, 3.63) is 69.6 Å². The van der Waals surface area contributed by atoms with Crippen molar-refractivity contribution in [2.75, 3.05) is 0 Å². The van der Waals surface area contributed by atoms with Crippen molar-refractivity contribution in [1.29, 1.82) is 5.26 Å². The summed E-state index contributed by atoms with van der Waals surface area (Å²) in [5.74, 6) is 0.379. The maximum atomic E-state index is 13.4. The topological polar surface area (TPSA) is 36.7 Å². The summed E-state index contributed by atoms with van der Waals surface area (Å²) in [6.45, 7) is 0. The fourth-order valence-electron chi connectivity index (χ4n) is 2.24. The Morgan fingerprint density at radius 3 is 2.50 bits per heavy atom. The van der Waals surface area contributed by atoms with E-state index >= 15 is 0 Å². The Bertz CT molecular complexity index is 946. The lowest BCUT2D eigenvalue weighted by atomic mass is 10.1. The van der Waals surface area contributed by atoms with Crippen molar-refractivity contribution >= 4 is 34.7 Å². The van der Waals surface area contributed by atoms with Gasteiger partial charge in [0.2, 0.25) is 0 Å². The number of rotatable bonds is 4. The summed E-state index contributed by atoms with van der Waals surface area (Å²) in [6, 6.07) is 13.0. The molecule has 0 amide bonds. The highest BCUT2D eigenvalue weighted by Gasteiger charge is 2.36. The lowest BCUT2D eigenvalue weighted by Crippen LogP contribution is -2.10. The number of aromatic nitrogens is 1. The Morgan fingerprint density at radius 2 is 1.92 bits per heavy atom. The van der Waals surface area contributed by atoms with Gasteiger partial charge in [-0.05, 0) is 35.2 Å². The Balaban J connectivity index is 2.03. The smallest absolute Gasteiger partial charge is 0.239 e. The van der Waals surface area contributed by atoms with Gasteiger partial charge in [-0.25, -0.2) is 4.98 Å². The molecule has 3 aromatic rings. The van der Waals surface area contributed by atoms with Crippen LogP contribution in [0.3, 0.4) is 0 Å². The van der Waals surface area contributed by atoms with Gasteiger partial charge in [0.25, 0.3) is 0 Å². The molecular formula is C18H10ClF3N2S2. The van der Waals surface area contributed by atoms with Gasteiger partial charge >= 0.3 is 6.18 Å². The second-order valence-electron chi connectivity index (χ2n) is 5.24. The van der Waals surface area contributed by atoms with Gasteiger partial charge in [0.1, 0.15) is 11.1 Å². The standard InChI is InChI=1S/C18H10ClF3N2S2/c19-12-5-3-11(4-6-12)10-26-17-13(9-23)14(18(20,21)22)8-15(24-17)16-2-1-7-25-16/h1-8H,10H2. The quantitative estimate of drug-likeness (QED) is 0.452. The molecule has 0 aliphatic carbocycles. The predicted octanol–water partition coefficient (Wildman–Crippen LogP) is 6.65. The maximum absolute atomic E-state index is 13.4. The third kappa shape index (κ3) is 4.21. The first-order valence-corrected chi connectivity index (χ1v) is 9.56. The molecule has 0 aliphatic heterocycles. The van der Waals surface area contributed by atoms with E-state index < -0.39 is 17.3 Å². The Morgan fingerprint density at radius 1 is 1.19 bits per heavy atom. The van der Waals surface area contributed by atoms with E-state index in [1.807, 2.05) is 0 Å². The summed E-state index contributed by atoms with van der Waals surface area (Å²) in [7, 11) is 0.